The van der Waals surface area contributed by atoms with Crippen molar-refractivity contribution in [2.45, 2.75) is 19.4 Å². The van der Waals surface area contributed by atoms with Gasteiger partial charge in [-0.05, 0) is 36.6 Å². The smallest absolute Gasteiger partial charge is 0.0191 e. The third kappa shape index (κ3) is 3.19. The van der Waals surface area contributed by atoms with Gasteiger partial charge >= 0.3 is 0 Å². The number of rotatable bonds is 5. The SMILES string of the molecule is CCSCCC1CSCC1NC. The molecule has 3 heteroatoms. The van der Waals surface area contributed by atoms with Gasteiger partial charge in [-0.3, -0.25) is 0 Å². The summed E-state index contributed by atoms with van der Waals surface area (Å²) in [5.41, 5.74) is 0. The summed E-state index contributed by atoms with van der Waals surface area (Å²) >= 11 is 4.17. The zero-order valence-electron chi connectivity index (χ0n) is 8.01. The maximum absolute atomic E-state index is 3.41. The van der Waals surface area contributed by atoms with Crippen LogP contribution in [0.1, 0.15) is 13.3 Å². The Bertz CT molecular complexity index is 119. The lowest BCUT2D eigenvalue weighted by atomic mass is 10.0. The highest BCUT2D eigenvalue weighted by Gasteiger charge is 2.25. The first-order chi connectivity index (χ1) is 5.88. The lowest BCUT2D eigenvalue weighted by molar-refractivity contribution is 0.447. The van der Waals surface area contributed by atoms with E-state index >= 15 is 0 Å². The minimum Gasteiger partial charge on any atom is -0.316 e. The van der Waals surface area contributed by atoms with Crippen LogP contribution in [0.3, 0.4) is 0 Å². The molecule has 1 nitrogen and oxygen atoms in total. The first kappa shape index (κ1) is 10.7. The van der Waals surface area contributed by atoms with Gasteiger partial charge in [0.15, 0.2) is 0 Å². The fraction of sp³-hybridized carbons (Fsp3) is 1.00. The summed E-state index contributed by atoms with van der Waals surface area (Å²) in [6, 6.07) is 0.785. The van der Waals surface area contributed by atoms with Gasteiger partial charge in [0, 0.05) is 11.8 Å². The summed E-state index contributed by atoms with van der Waals surface area (Å²) in [6.07, 6.45) is 1.40. The number of hydrogen-bond acceptors (Lipinski definition) is 3. The molecule has 0 amide bonds. The number of hydrogen-bond donors (Lipinski definition) is 1. The zero-order valence-corrected chi connectivity index (χ0v) is 9.64. The molecule has 0 aromatic carbocycles. The molecule has 12 heavy (non-hydrogen) atoms. The average molecular weight is 205 g/mol. The van der Waals surface area contributed by atoms with E-state index in [4.69, 9.17) is 0 Å². The molecule has 1 N–H and O–H groups in total. The Balaban J connectivity index is 2.12. The molecule has 2 unspecified atom stereocenters. The number of thioether (sulfide) groups is 2. The quantitative estimate of drug-likeness (QED) is 0.690. The second-order valence-electron chi connectivity index (χ2n) is 3.18. The lowest BCUT2D eigenvalue weighted by Crippen LogP contribution is -2.32. The molecular formula is C9H19NS2. The largest absolute Gasteiger partial charge is 0.316 e. The summed E-state index contributed by atoms with van der Waals surface area (Å²) in [6.45, 7) is 2.24. The van der Waals surface area contributed by atoms with Crippen LogP contribution in [0.5, 0.6) is 0 Å². The van der Waals surface area contributed by atoms with Gasteiger partial charge in [0.2, 0.25) is 0 Å². The van der Waals surface area contributed by atoms with E-state index < -0.39 is 0 Å². The molecule has 0 bridgehead atoms. The highest BCUT2D eigenvalue weighted by Crippen LogP contribution is 2.27. The molecule has 1 rings (SSSR count). The molecule has 2 atom stereocenters. The van der Waals surface area contributed by atoms with Crippen LogP contribution >= 0.6 is 23.5 Å². The Kier molecular flexibility index (Phi) is 5.52. The van der Waals surface area contributed by atoms with Crippen molar-refractivity contribution in [2.24, 2.45) is 5.92 Å². The Labute approximate surface area is 84.4 Å². The number of nitrogens with one attached hydrogen (secondary N) is 1. The first-order valence-electron chi connectivity index (χ1n) is 4.71. The van der Waals surface area contributed by atoms with Crippen molar-refractivity contribution < 1.29 is 0 Å². The Morgan fingerprint density at radius 3 is 3.00 bits per heavy atom. The van der Waals surface area contributed by atoms with Crippen molar-refractivity contribution in [3.05, 3.63) is 0 Å². The predicted octanol–water partition coefficient (Wildman–Crippen LogP) is 2.08. The van der Waals surface area contributed by atoms with E-state index in [1.165, 1.54) is 29.4 Å². The highest BCUT2D eigenvalue weighted by molar-refractivity contribution is 7.99. The fourth-order valence-electron chi connectivity index (χ4n) is 1.58. The maximum atomic E-state index is 3.41. The van der Waals surface area contributed by atoms with Gasteiger partial charge in [-0.1, -0.05) is 6.92 Å². The standard InChI is InChI=1S/C9H19NS2/c1-3-11-5-4-8-6-12-7-9(8)10-2/h8-10H,3-7H2,1-2H3. The molecule has 0 radical (unpaired) electrons. The first-order valence-corrected chi connectivity index (χ1v) is 7.02. The van der Waals surface area contributed by atoms with Gasteiger partial charge in [0.25, 0.3) is 0 Å². The van der Waals surface area contributed by atoms with Crippen molar-refractivity contribution in [2.75, 3.05) is 30.1 Å². The van der Waals surface area contributed by atoms with Gasteiger partial charge in [0.1, 0.15) is 0 Å². The molecule has 0 saturated carbocycles. The Hall–Kier alpha value is 0.660. The van der Waals surface area contributed by atoms with Crippen LogP contribution in [0.25, 0.3) is 0 Å². The second kappa shape index (κ2) is 6.17. The second-order valence-corrected chi connectivity index (χ2v) is 5.65. The molecule has 0 aliphatic carbocycles. The van der Waals surface area contributed by atoms with Crippen LogP contribution in [0, 0.1) is 5.92 Å². The van der Waals surface area contributed by atoms with Crippen molar-refractivity contribution >= 4 is 23.5 Å². The zero-order chi connectivity index (χ0) is 8.81. The highest BCUT2D eigenvalue weighted by atomic mass is 32.2. The summed E-state index contributed by atoms with van der Waals surface area (Å²) in [5.74, 6) is 6.23. The summed E-state index contributed by atoms with van der Waals surface area (Å²) < 4.78 is 0. The molecule has 72 valence electrons. The van der Waals surface area contributed by atoms with E-state index in [9.17, 15) is 0 Å². The third-order valence-corrected chi connectivity index (χ3v) is 4.60. The van der Waals surface area contributed by atoms with E-state index in [2.05, 4.69) is 42.8 Å². The average Bonchev–Trinajstić information content (AvgIpc) is 2.52. The molecule has 1 heterocycles. The predicted molar refractivity (Wildman–Crippen MR) is 61.3 cm³/mol. The fourth-order valence-corrected chi connectivity index (χ4v) is 3.87. The van der Waals surface area contributed by atoms with Crippen LogP contribution in [-0.2, 0) is 0 Å². The molecular weight excluding hydrogens is 186 g/mol. The van der Waals surface area contributed by atoms with E-state index in [0.29, 0.717) is 0 Å². The van der Waals surface area contributed by atoms with E-state index in [1.807, 2.05) is 0 Å². The van der Waals surface area contributed by atoms with Gasteiger partial charge in [0.05, 0.1) is 0 Å². The molecule has 1 aliphatic heterocycles. The third-order valence-electron chi connectivity index (χ3n) is 2.41. The molecule has 0 spiro atoms. The van der Waals surface area contributed by atoms with Crippen molar-refractivity contribution in [1.29, 1.82) is 0 Å². The molecule has 0 aromatic heterocycles. The van der Waals surface area contributed by atoms with Crippen LogP contribution < -0.4 is 5.32 Å². The topological polar surface area (TPSA) is 12.0 Å². The molecule has 0 aromatic rings. The van der Waals surface area contributed by atoms with E-state index in [-0.39, 0.29) is 0 Å². The van der Waals surface area contributed by atoms with Gasteiger partial charge < -0.3 is 5.32 Å². The lowest BCUT2D eigenvalue weighted by Gasteiger charge is -2.17. The minimum absolute atomic E-state index is 0.785. The van der Waals surface area contributed by atoms with Crippen LogP contribution in [0.15, 0.2) is 0 Å². The minimum atomic E-state index is 0.785. The van der Waals surface area contributed by atoms with Gasteiger partial charge in [-0.25, -0.2) is 0 Å². The maximum Gasteiger partial charge on any atom is 0.0191 e. The van der Waals surface area contributed by atoms with Crippen LogP contribution in [0.4, 0.5) is 0 Å². The summed E-state index contributed by atoms with van der Waals surface area (Å²) in [4.78, 5) is 0. The summed E-state index contributed by atoms with van der Waals surface area (Å²) in [7, 11) is 2.09. The van der Waals surface area contributed by atoms with Gasteiger partial charge in [-0.2, -0.15) is 23.5 Å². The van der Waals surface area contributed by atoms with Crippen molar-refractivity contribution in [3.8, 4) is 0 Å². The van der Waals surface area contributed by atoms with Crippen molar-refractivity contribution in [3.63, 3.8) is 0 Å². The summed E-state index contributed by atoms with van der Waals surface area (Å²) in [5, 5.41) is 3.41. The monoisotopic (exact) mass is 205 g/mol. The van der Waals surface area contributed by atoms with E-state index in [1.54, 1.807) is 0 Å². The molecule has 1 aliphatic rings. The molecule has 1 fully saturated rings. The van der Waals surface area contributed by atoms with Gasteiger partial charge in [-0.15, -0.1) is 0 Å². The Morgan fingerprint density at radius 1 is 1.50 bits per heavy atom. The van der Waals surface area contributed by atoms with Crippen LogP contribution in [-0.4, -0.2) is 36.1 Å². The normalized spacial score (nSPS) is 29.5. The van der Waals surface area contributed by atoms with Crippen molar-refractivity contribution in [1.82, 2.24) is 5.32 Å². The Morgan fingerprint density at radius 2 is 2.33 bits per heavy atom. The molecule has 1 saturated heterocycles. The van der Waals surface area contributed by atoms with Crippen LogP contribution in [0.2, 0.25) is 0 Å². The van der Waals surface area contributed by atoms with E-state index in [0.717, 1.165) is 12.0 Å².